The normalized spacial score (nSPS) is 9.00. The third kappa shape index (κ3) is 5.68. The molecule has 52 valence electrons. The molecule has 0 aliphatic rings. The molecule has 0 radical (unpaired) electrons. The summed E-state index contributed by atoms with van der Waals surface area (Å²) in [6, 6.07) is 0. The molecular weight excluding hydrogens is 132 g/mol. The first kappa shape index (κ1) is 8.81. The molecule has 0 rings (SSSR count). The van der Waals surface area contributed by atoms with Crippen LogP contribution in [0, 0.1) is 5.92 Å². The zero-order valence-electron chi connectivity index (χ0n) is 6.24. The van der Waals surface area contributed by atoms with Crippen LogP contribution >= 0.6 is 11.6 Å². The van der Waals surface area contributed by atoms with E-state index in [0.29, 0.717) is 5.92 Å². The van der Waals surface area contributed by atoms with Crippen LogP contribution in [0.4, 0.5) is 0 Å². The van der Waals surface area contributed by atoms with Gasteiger partial charge in [0, 0.05) is 5.54 Å². The molecule has 0 aliphatic heterocycles. The second-order valence-electron chi connectivity index (χ2n) is 2.63. The summed E-state index contributed by atoms with van der Waals surface area (Å²) in [4.78, 5) is 0. The lowest BCUT2D eigenvalue weighted by Gasteiger charge is -1.99. The van der Waals surface area contributed by atoms with Crippen molar-refractivity contribution >= 4 is 11.6 Å². The van der Waals surface area contributed by atoms with Crippen LogP contribution in [0.5, 0.6) is 0 Å². The van der Waals surface area contributed by atoms with Gasteiger partial charge in [-0.15, -0.1) is 5.73 Å². The van der Waals surface area contributed by atoms with Crippen molar-refractivity contribution in [1.82, 2.24) is 0 Å². The third-order valence-electron chi connectivity index (χ3n) is 1.02. The number of allylic oxidation sites excluding steroid dienone is 1. The van der Waals surface area contributed by atoms with Gasteiger partial charge in [-0.05, 0) is 24.8 Å². The summed E-state index contributed by atoms with van der Waals surface area (Å²) >= 11 is 5.32. The molecule has 0 aliphatic carbocycles. The Morgan fingerprint density at radius 3 is 2.56 bits per heavy atom. The molecule has 9 heavy (non-hydrogen) atoms. The van der Waals surface area contributed by atoms with Crippen molar-refractivity contribution in [3.8, 4) is 0 Å². The molecule has 0 amide bonds. The second kappa shape index (κ2) is 4.67. The first-order chi connectivity index (χ1) is 4.16. The van der Waals surface area contributed by atoms with Gasteiger partial charge in [-0.3, -0.25) is 0 Å². The van der Waals surface area contributed by atoms with Crippen molar-refractivity contribution in [1.29, 1.82) is 0 Å². The maximum Gasteiger partial charge on any atom is 0.0462 e. The van der Waals surface area contributed by atoms with Gasteiger partial charge in [-0.1, -0.05) is 25.4 Å². The minimum atomic E-state index is 0.703. The molecule has 0 N–H and O–H groups in total. The highest BCUT2D eigenvalue weighted by molar-refractivity contribution is 6.25. The minimum absolute atomic E-state index is 0.703. The Morgan fingerprint density at radius 1 is 1.67 bits per heavy atom. The molecule has 0 aromatic carbocycles. The van der Waals surface area contributed by atoms with Gasteiger partial charge < -0.3 is 0 Å². The van der Waals surface area contributed by atoms with Gasteiger partial charge in [0.05, 0.1) is 0 Å². The fourth-order valence-electron chi connectivity index (χ4n) is 0.764. The van der Waals surface area contributed by atoms with Crippen molar-refractivity contribution in [3.63, 3.8) is 0 Å². The van der Waals surface area contributed by atoms with Crippen LogP contribution in [0.3, 0.4) is 0 Å². The van der Waals surface area contributed by atoms with Gasteiger partial charge in [-0.2, -0.15) is 0 Å². The molecule has 0 nitrogen and oxygen atoms in total. The predicted molar refractivity (Wildman–Crippen MR) is 42.6 cm³/mol. The Balaban J connectivity index is 3.77. The number of hydrogen-bond donors (Lipinski definition) is 0. The maximum atomic E-state index is 5.32. The van der Waals surface area contributed by atoms with Gasteiger partial charge >= 0.3 is 0 Å². The van der Waals surface area contributed by atoms with Gasteiger partial charge in [-0.25, -0.2) is 0 Å². The first-order valence-corrected chi connectivity index (χ1v) is 3.61. The van der Waals surface area contributed by atoms with E-state index in [9.17, 15) is 0 Å². The van der Waals surface area contributed by atoms with Crippen molar-refractivity contribution < 1.29 is 0 Å². The van der Waals surface area contributed by atoms with Crippen LogP contribution in [0.1, 0.15) is 27.2 Å². The number of hydrogen-bond acceptors (Lipinski definition) is 0. The largest absolute Gasteiger partial charge is 0.110 e. The molecule has 0 spiro atoms. The predicted octanol–water partition coefficient (Wildman–Crippen LogP) is 3.33. The lowest BCUT2D eigenvalue weighted by molar-refractivity contribution is 0.643. The first-order valence-electron chi connectivity index (χ1n) is 3.17. The number of rotatable bonds is 2. The number of halogens is 1. The lowest BCUT2D eigenvalue weighted by Crippen LogP contribution is -1.85. The van der Waals surface area contributed by atoms with Crippen LogP contribution in [0.25, 0.3) is 0 Å². The molecular formula is C8H13Cl. The van der Waals surface area contributed by atoms with Gasteiger partial charge in [0.2, 0.25) is 0 Å². The summed E-state index contributed by atoms with van der Waals surface area (Å²) in [5.41, 5.74) is 5.60. The van der Waals surface area contributed by atoms with E-state index >= 15 is 0 Å². The fraction of sp³-hybridized carbons (Fsp3) is 0.625. The van der Waals surface area contributed by atoms with Crippen LogP contribution in [0.15, 0.2) is 16.8 Å². The summed E-state index contributed by atoms with van der Waals surface area (Å²) in [7, 11) is 0. The monoisotopic (exact) mass is 144 g/mol. The van der Waals surface area contributed by atoms with E-state index in [1.54, 1.807) is 0 Å². The van der Waals surface area contributed by atoms with E-state index in [0.717, 1.165) is 6.42 Å². The smallest absolute Gasteiger partial charge is 0.0462 e. The standard InChI is InChI=1S/C8H13Cl/c1-7(2)6-8(3)4-5-9/h5,7H,6H2,1-3H3. The Labute approximate surface area is 62.2 Å². The molecule has 1 heteroatoms. The molecule has 0 saturated heterocycles. The van der Waals surface area contributed by atoms with Gasteiger partial charge in [0.15, 0.2) is 0 Å². The van der Waals surface area contributed by atoms with Crippen molar-refractivity contribution in [2.24, 2.45) is 5.92 Å². The minimum Gasteiger partial charge on any atom is -0.110 e. The molecule has 0 heterocycles. The highest BCUT2D eigenvalue weighted by Crippen LogP contribution is 2.07. The molecule has 0 fully saturated rings. The molecule has 0 saturated carbocycles. The van der Waals surface area contributed by atoms with Crippen LogP contribution < -0.4 is 0 Å². The van der Waals surface area contributed by atoms with Gasteiger partial charge in [0.1, 0.15) is 0 Å². The van der Waals surface area contributed by atoms with Crippen molar-refractivity contribution in [3.05, 3.63) is 16.8 Å². The van der Waals surface area contributed by atoms with Gasteiger partial charge in [0.25, 0.3) is 0 Å². The highest BCUT2D eigenvalue weighted by atomic mass is 35.5. The zero-order valence-corrected chi connectivity index (χ0v) is 7.00. The average Bonchev–Trinajstić information content (AvgIpc) is 1.63. The summed E-state index contributed by atoms with van der Waals surface area (Å²) in [6.45, 7) is 6.40. The van der Waals surface area contributed by atoms with E-state index < -0.39 is 0 Å². The topological polar surface area (TPSA) is 0 Å². The van der Waals surface area contributed by atoms with Crippen LogP contribution in [0.2, 0.25) is 0 Å². The molecule has 0 atom stereocenters. The van der Waals surface area contributed by atoms with E-state index in [-0.39, 0.29) is 0 Å². The van der Waals surface area contributed by atoms with Crippen LogP contribution in [-0.2, 0) is 0 Å². The SMILES string of the molecule is CC(=C=CCl)CC(C)C. The lowest BCUT2D eigenvalue weighted by atomic mass is 10.1. The van der Waals surface area contributed by atoms with E-state index in [2.05, 4.69) is 19.6 Å². The summed E-state index contributed by atoms with van der Waals surface area (Å²) in [5.74, 6) is 0.703. The van der Waals surface area contributed by atoms with Crippen LogP contribution in [-0.4, -0.2) is 0 Å². The quantitative estimate of drug-likeness (QED) is 0.522. The summed E-state index contributed by atoms with van der Waals surface area (Å²) in [5, 5.41) is 0. The molecule has 0 bridgehead atoms. The molecule has 0 unspecified atom stereocenters. The summed E-state index contributed by atoms with van der Waals surface area (Å²) < 4.78 is 0. The van der Waals surface area contributed by atoms with Crippen molar-refractivity contribution in [2.45, 2.75) is 27.2 Å². The molecule has 0 aromatic rings. The van der Waals surface area contributed by atoms with E-state index in [1.165, 1.54) is 11.1 Å². The molecule has 0 aromatic heterocycles. The second-order valence-corrected chi connectivity index (χ2v) is 2.85. The average molecular weight is 145 g/mol. The Hall–Kier alpha value is -0.190. The maximum absolute atomic E-state index is 5.32. The van der Waals surface area contributed by atoms with E-state index in [4.69, 9.17) is 11.6 Å². The van der Waals surface area contributed by atoms with Crippen molar-refractivity contribution in [2.75, 3.05) is 0 Å². The highest BCUT2D eigenvalue weighted by Gasteiger charge is 1.92. The Kier molecular flexibility index (Phi) is 4.57. The Morgan fingerprint density at radius 2 is 2.22 bits per heavy atom. The summed E-state index contributed by atoms with van der Waals surface area (Å²) in [6.07, 6.45) is 1.09. The Bertz CT molecular complexity index is 128. The fourth-order valence-corrected chi connectivity index (χ4v) is 0.951. The zero-order chi connectivity index (χ0) is 7.28. The van der Waals surface area contributed by atoms with E-state index in [1.807, 2.05) is 6.92 Å². The third-order valence-corrected chi connectivity index (χ3v) is 1.12.